The maximum atomic E-state index is 7.21. The summed E-state index contributed by atoms with van der Waals surface area (Å²) in [6, 6.07) is 0. The summed E-state index contributed by atoms with van der Waals surface area (Å²) < 4.78 is 32.0. The van der Waals surface area contributed by atoms with E-state index < -0.39 is 11.6 Å². The Kier molecular flexibility index (Phi) is 9.42. The van der Waals surface area contributed by atoms with Crippen molar-refractivity contribution in [3.8, 4) is 0 Å². The van der Waals surface area contributed by atoms with E-state index in [2.05, 4.69) is 41.5 Å². The molecule has 0 bridgehead atoms. The Morgan fingerprint density at radius 3 is 1.24 bits per heavy atom. The highest BCUT2D eigenvalue weighted by Crippen LogP contribution is 2.55. The molecule has 0 aliphatic carbocycles. The lowest BCUT2D eigenvalue weighted by molar-refractivity contribution is -0.459. The molecule has 5 nitrogen and oxygen atoms in total. The number of rotatable bonds is 16. The number of hydrogen-bond acceptors (Lipinski definition) is 5. The van der Waals surface area contributed by atoms with Crippen molar-refractivity contribution in [3.63, 3.8) is 0 Å². The van der Waals surface area contributed by atoms with Crippen molar-refractivity contribution in [1.29, 1.82) is 0 Å². The zero-order valence-electron chi connectivity index (χ0n) is 19.9. The minimum Gasteiger partial charge on any atom is -0.380 e. The van der Waals surface area contributed by atoms with Gasteiger partial charge in [0.2, 0.25) is 0 Å². The lowest BCUT2D eigenvalue weighted by atomic mass is 9.70. The van der Waals surface area contributed by atoms with E-state index in [1.54, 1.807) is 0 Å². The summed E-state index contributed by atoms with van der Waals surface area (Å²) in [5.41, 5.74) is -0.243. The number of hydrogen-bond donors (Lipinski definition) is 0. The van der Waals surface area contributed by atoms with Crippen LogP contribution in [0.3, 0.4) is 0 Å². The molecule has 0 saturated carbocycles. The molecule has 29 heavy (non-hydrogen) atoms. The molecule has 2 saturated heterocycles. The van der Waals surface area contributed by atoms with Gasteiger partial charge in [0, 0.05) is 0 Å². The predicted molar refractivity (Wildman–Crippen MR) is 116 cm³/mol. The van der Waals surface area contributed by atoms with Crippen molar-refractivity contribution in [3.05, 3.63) is 0 Å². The molecular formula is C24H46O5. The Morgan fingerprint density at radius 2 is 1.03 bits per heavy atom. The molecular weight excluding hydrogens is 368 g/mol. The number of ether oxygens (including phenoxy) is 5. The Hall–Kier alpha value is -0.200. The summed E-state index contributed by atoms with van der Waals surface area (Å²) in [4.78, 5) is 0. The summed E-state index contributed by atoms with van der Waals surface area (Å²) in [6.45, 7) is 17.4. The molecule has 2 fully saturated rings. The van der Waals surface area contributed by atoms with Crippen LogP contribution in [0.15, 0.2) is 0 Å². The second kappa shape index (κ2) is 10.9. The van der Waals surface area contributed by atoms with Crippen LogP contribution in [0.25, 0.3) is 0 Å². The van der Waals surface area contributed by atoms with Gasteiger partial charge in [0.25, 0.3) is 0 Å². The average molecular weight is 415 g/mol. The highest BCUT2D eigenvalue weighted by molar-refractivity contribution is 5.04. The predicted octanol–water partition coefficient (Wildman–Crippen LogP) is 5.70. The van der Waals surface area contributed by atoms with E-state index in [-0.39, 0.29) is 10.8 Å². The van der Waals surface area contributed by atoms with Crippen molar-refractivity contribution < 1.29 is 23.7 Å². The van der Waals surface area contributed by atoms with Gasteiger partial charge >= 0.3 is 0 Å². The first-order chi connectivity index (χ1) is 14.0. The summed E-state index contributed by atoms with van der Waals surface area (Å²) in [7, 11) is 0. The molecule has 5 heteroatoms. The van der Waals surface area contributed by atoms with Crippen LogP contribution in [0.2, 0.25) is 0 Å². The van der Waals surface area contributed by atoms with Crippen molar-refractivity contribution in [2.75, 3.05) is 39.6 Å². The second-order valence-electron chi connectivity index (χ2n) is 8.97. The van der Waals surface area contributed by atoms with E-state index >= 15 is 0 Å². The van der Waals surface area contributed by atoms with Gasteiger partial charge < -0.3 is 23.7 Å². The van der Waals surface area contributed by atoms with Crippen LogP contribution >= 0.6 is 0 Å². The first kappa shape index (κ1) is 25.1. The van der Waals surface area contributed by atoms with Crippen LogP contribution < -0.4 is 0 Å². The third kappa shape index (κ3) is 4.55. The molecule has 2 heterocycles. The van der Waals surface area contributed by atoms with Gasteiger partial charge in [0.15, 0.2) is 11.6 Å². The normalized spacial score (nSPS) is 24.2. The summed E-state index contributed by atoms with van der Waals surface area (Å²) in [5, 5.41) is 0. The highest BCUT2D eigenvalue weighted by atomic mass is 16.8. The van der Waals surface area contributed by atoms with E-state index in [4.69, 9.17) is 23.7 Å². The van der Waals surface area contributed by atoms with Crippen molar-refractivity contribution in [2.45, 2.75) is 104 Å². The average Bonchev–Trinajstić information content (AvgIpc) is 2.66. The monoisotopic (exact) mass is 414 g/mol. The molecule has 0 aromatic rings. The quantitative estimate of drug-likeness (QED) is 0.239. The SMILES string of the molecule is CCCCOC(CC)(OC(CC)(OCCCC)C1(CC)COC1)C1(CC)COC1. The zero-order valence-corrected chi connectivity index (χ0v) is 19.9. The molecule has 0 aromatic heterocycles. The minimum atomic E-state index is -0.699. The van der Waals surface area contributed by atoms with Crippen molar-refractivity contribution >= 4 is 0 Å². The van der Waals surface area contributed by atoms with Gasteiger partial charge in [-0.05, 0) is 38.5 Å². The van der Waals surface area contributed by atoms with Crippen LogP contribution in [0.4, 0.5) is 0 Å². The van der Waals surface area contributed by atoms with Crippen LogP contribution in [0.1, 0.15) is 92.9 Å². The van der Waals surface area contributed by atoms with Gasteiger partial charge in [0.05, 0.1) is 50.5 Å². The maximum absolute atomic E-state index is 7.21. The summed E-state index contributed by atoms with van der Waals surface area (Å²) in [5.74, 6) is -1.40. The van der Waals surface area contributed by atoms with E-state index in [0.29, 0.717) is 39.6 Å². The Bertz CT molecular complexity index is 421. The van der Waals surface area contributed by atoms with E-state index in [1.807, 2.05) is 0 Å². The molecule has 0 spiro atoms. The van der Waals surface area contributed by atoms with Gasteiger partial charge in [-0.3, -0.25) is 0 Å². The topological polar surface area (TPSA) is 46.2 Å². The van der Waals surface area contributed by atoms with Crippen LogP contribution in [-0.4, -0.2) is 51.2 Å². The van der Waals surface area contributed by atoms with Crippen LogP contribution in [0.5, 0.6) is 0 Å². The number of unbranched alkanes of at least 4 members (excludes halogenated alkanes) is 2. The van der Waals surface area contributed by atoms with Gasteiger partial charge in [-0.2, -0.15) is 0 Å². The second-order valence-corrected chi connectivity index (χ2v) is 8.97. The Labute approximate surface area is 179 Å². The van der Waals surface area contributed by atoms with Crippen molar-refractivity contribution in [2.24, 2.45) is 10.8 Å². The lowest BCUT2D eigenvalue weighted by Crippen LogP contribution is -2.70. The van der Waals surface area contributed by atoms with Crippen molar-refractivity contribution in [1.82, 2.24) is 0 Å². The molecule has 172 valence electrons. The maximum Gasteiger partial charge on any atom is 0.181 e. The molecule has 0 amide bonds. The summed E-state index contributed by atoms with van der Waals surface area (Å²) >= 11 is 0. The molecule has 2 aliphatic heterocycles. The zero-order chi connectivity index (χ0) is 21.4. The van der Waals surface area contributed by atoms with Gasteiger partial charge in [-0.25, -0.2) is 0 Å². The molecule has 2 atom stereocenters. The Morgan fingerprint density at radius 1 is 0.655 bits per heavy atom. The van der Waals surface area contributed by atoms with Gasteiger partial charge in [-0.15, -0.1) is 0 Å². The van der Waals surface area contributed by atoms with Crippen LogP contribution in [-0.2, 0) is 23.7 Å². The lowest BCUT2D eigenvalue weighted by Gasteiger charge is -2.61. The van der Waals surface area contributed by atoms with Crippen LogP contribution in [0, 0.1) is 10.8 Å². The fourth-order valence-corrected chi connectivity index (χ4v) is 4.79. The van der Waals surface area contributed by atoms with E-state index in [9.17, 15) is 0 Å². The fraction of sp³-hybridized carbons (Fsp3) is 1.00. The largest absolute Gasteiger partial charge is 0.380 e. The smallest absolute Gasteiger partial charge is 0.181 e. The van der Waals surface area contributed by atoms with E-state index in [0.717, 1.165) is 51.4 Å². The third-order valence-electron chi connectivity index (χ3n) is 7.41. The van der Waals surface area contributed by atoms with E-state index in [1.165, 1.54) is 0 Å². The summed E-state index contributed by atoms with van der Waals surface area (Å²) in [6.07, 6.45) is 7.78. The van der Waals surface area contributed by atoms with Gasteiger partial charge in [0.1, 0.15) is 0 Å². The first-order valence-corrected chi connectivity index (χ1v) is 12.1. The first-order valence-electron chi connectivity index (χ1n) is 12.1. The molecule has 0 N–H and O–H groups in total. The minimum absolute atomic E-state index is 0.121. The van der Waals surface area contributed by atoms with Gasteiger partial charge in [-0.1, -0.05) is 54.4 Å². The highest BCUT2D eigenvalue weighted by Gasteiger charge is 2.64. The standard InChI is InChI=1S/C24H46O5/c1-7-13-15-27-23(11-5,21(9-3)17-25-18-21)29-24(12-6,28-16-14-8-2)22(10-4)19-26-20-22/h7-20H2,1-6H3. The fourth-order valence-electron chi connectivity index (χ4n) is 4.79. The third-order valence-corrected chi connectivity index (χ3v) is 7.41. The molecule has 0 aromatic carbocycles. The molecule has 2 aliphatic rings. The molecule has 2 unspecified atom stereocenters. The Balaban J connectivity index is 2.42. The molecule has 0 radical (unpaired) electrons. The molecule has 2 rings (SSSR count).